The van der Waals surface area contributed by atoms with Crippen LogP contribution in [0.1, 0.15) is 5.56 Å². The van der Waals surface area contributed by atoms with Gasteiger partial charge in [0.15, 0.2) is 5.75 Å². The van der Waals surface area contributed by atoms with E-state index in [0.717, 1.165) is 16.7 Å². The molecular formula is C25H18Cl3NO7S2. The molecule has 198 valence electrons. The zero-order valence-electron chi connectivity index (χ0n) is 19.5. The van der Waals surface area contributed by atoms with Crippen LogP contribution in [-0.2, 0) is 14.9 Å². The van der Waals surface area contributed by atoms with Crippen molar-refractivity contribution in [3.63, 3.8) is 0 Å². The number of halogens is 3. The van der Waals surface area contributed by atoms with E-state index >= 15 is 0 Å². The molecule has 0 aliphatic carbocycles. The molecule has 0 saturated carbocycles. The minimum Gasteiger partial charge on any atom is -0.493 e. The number of methoxy groups -OCH3 is 1. The van der Waals surface area contributed by atoms with Gasteiger partial charge in [0.25, 0.3) is 11.1 Å². The van der Waals surface area contributed by atoms with E-state index in [1.54, 1.807) is 24.3 Å². The third-order valence-electron chi connectivity index (χ3n) is 5.13. The lowest BCUT2D eigenvalue weighted by Gasteiger charge is -2.14. The fraction of sp³-hybridized carbons (Fsp3) is 0.120. The monoisotopic (exact) mass is 613 g/mol. The second-order valence-electron chi connectivity index (χ2n) is 7.64. The Morgan fingerprint density at radius 2 is 1.66 bits per heavy atom. The first kappa shape index (κ1) is 28.1. The summed E-state index contributed by atoms with van der Waals surface area (Å²) in [4.78, 5) is 26.4. The van der Waals surface area contributed by atoms with Crippen LogP contribution >= 0.6 is 46.6 Å². The highest BCUT2D eigenvalue weighted by atomic mass is 35.5. The first-order chi connectivity index (χ1) is 18.1. The Morgan fingerprint density at radius 3 is 2.34 bits per heavy atom. The average Bonchev–Trinajstić information content (AvgIpc) is 3.14. The van der Waals surface area contributed by atoms with Gasteiger partial charge < -0.3 is 13.7 Å². The maximum atomic E-state index is 12.9. The lowest BCUT2D eigenvalue weighted by atomic mass is 10.2. The molecule has 8 nitrogen and oxygen atoms in total. The van der Waals surface area contributed by atoms with Gasteiger partial charge in [-0.2, -0.15) is 8.42 Å². The van der Waals surface area contributed by atoms with Gasteiger partial charge in [0.2, 0.25) is 5.75 Å². The predicted octanol–water partition coefficient (Wildman–Crippen LogP) is 6.54. The number of nitrogens with zero attached hydrogens (tertiary/aromatic N) is 1. The van der Waals surface area contributed by atoms with Gasteiger partial charge in [-0.05, 0) is 71.9 Å². The van der Waals surface area contributed by atoms with E-state index in [0.29, 0.717) is 21.4 Å². The molecule has 0 unspecified atom stereocenters. The van der Waals surface area contributed by atoms with Gasteiger partial charge >= 0.3 is 10.1 Å². The topological polar surface area (TPSA) is 99.2 Å². The van der Waals surface area contributed by atoms with Crippen LogP contribution in [0.2, 0.25) is 15.1 Å². The highest BCUT2D eigenvalue weighted by Crippen LogP contribution is 2.40. The van der Waals surface area contributed by atoms with E-state index in [1.165, 1.54) is 49.6 Å². The molecule has 1 fully saturated rings. The summed E-state index contributed by atoms with van der Waals surface area (Å²) in [6.07, 6.45) is 1.45. The molecule has 0 atom stereocenters. The summed E-state index contributed by atoms with van der Waals surface area (Å²) in [7, 11) is -2.93. The van der Waals surface area contributed by atoms with Crippen LogP contribution in [0.4, 0.5) is 4.79 Å². The predicted molar refractivity (Wildman–Crippen MR) is 147 cm³/mol. The van der Waals surface area contributed by atoms with Gasteiger partial charge in [-0.25, -0.2) is 0 Å². The molecule has 0 N–H and O–H groups in total. The fourth-order valence-electron chi connectivity index (χ4n) is 3.32. The highest BCUT2D eigenvalue weighted by molar-refractivity contribution is 8.18. The van der Waals surface area contributed by atoms with E-state index in [-0.39, 0.29) is 39.5 Å². The molecule has 0 spiro atoms. The van der Waals surface area contributed by atoms with Crippen LogP contribution in [0.3, 0.4) is 0 Å². The Balaban J connectivity index is 1.50. The molecule has 3 aromatic rings. The number of imide groups is 1. The second kappa shape index (κ2) is 11.9. The van der Waals surface area contributed by atoms with Crippen LogP contribution in [0.25, 0.3) is 6.08 Å². The number of carbonyl (C=O) groups is 2. The zero-order chi connectivity index (χ0) is 27.4. The number of thioether (sulfide) groups is 1. The Morgan fingerprint density at radius 1 is 0.947 bits per heavy atom. The average molecular weight is 615 g/mol. The largest absolute Gasteiger partial charge is 0.493 e. The summed E-state index contributed by atoms with van der Waals surface area (Å²) in [5, 5.41) is 0.235. The number of carbonyl (C=O) groups excluding carboxylic acids is 2. The summed E-state index contributed by atoms with van der Waals surface area (Å²) in [6.45, 7) is 0.0788. The molecule has 13 heteroatoms. The van der Waals surface area contributed by atoms with Gasteiger partial charge in [-0.1, -0.05) is 46.9 Å². The third kappa shape index (κ3) is 6.39. The first-order valence-electron chi connectivity index (χ1n) is 10.8. The van der Waals surface area contributed by atoms with Crippen molar-refractivity contribution >= 4 is 73.9 Å². The zero-order valence-corrected chi connectivity index (χ0v) is 23.4. The molecule has 38 heavy (non-hydrogen) atoms. The molecule has 0 aromatic heterocycles. The maximum absolute atomic E-state index is 12.9. The van der Waals surface area contributed by atoms with E-state index in [2.05, 4.69) is 0 Å². The molecule has 1 aliphatic rings. The summed E-state index contributed by atoms with van der Waals surface area (Å²) in [6, 6.07) is 15.1. The van der Waals surface area contributed by atoms with Crippen molar-refractivity contribution in [3.05, 3.63) is 86.2 Å². The van der Waals surface area contributed by atoms with E-state index in [1.807, 2.05) is 0 Å². The van der Waals surface area contributed by atoms with Crippen molar-refractivity contribution in [2.45, 2.75) is 4.90 Å². The number of benzene rings is 3. The van der Waals surface area contributed by atoms with Crippen molar-refractivity contribution in [3.8, 4) is 17.2 Å². The minimum absolute atomic E-state index is 0.00802. The van der Waals surface area contributed by atoms with Crippen molar-refractivity contribution in [1.82, 2.24) is 4.90 Å². The lowest BCUT2D eigenvalue weighted by molar-refractivity contribution is -0.123. The molecule has 0 bridgehead atoms. The van der Waals surface area contributed by atoms with Crippen LogP contribution in [0.15, 0.2) is 70.5 Å². The van der Waals surface area contributed by atoms with Gasteiger partial charge in [0, 0.05) is 5.02 Å². The van der Waals surface area contributed by atoms with Gasteiger partial charge in [0.1, 0.15) is 17.3 Å². The number of ether oxygens (including phenoxy) is 2. The number of rotatable bonds is 9. The van der Waals surface area contributed by atoms with Crippen molar-refractivity contribution in [2.75, 3.05) is 20.3 Å². The smallest absolute Gasteiger partial charge is 0.339 e. The van der Waals surface area contributed by atoms with Gasteiger partial charge in [-0.3, -0.25) is 14.5 Å². The van der Waals surface area contributed by atoms with Crippen LogP contribution in [0, 0.1) is 0 Å². The molecular weight excluding hydrogens is 597 g/mol. The molecule has 2 amide bonds. The molecule has 1 aliphatic heterocycles. The molecule has 1 saturated heterocycles. The quantitative estimate of drug-likeness (QED) is 0.198. The van der Waals surface area contributed by atoms with Gasteiger partial charge in [-0.15, -0.1) is 0 Å². The fourth-order valence-corrected chi connectivity index (χ4v) is 5.76. The van der Waals surface area contributed by atoms with E-state index < -0.39 is 21.3 Å². The number of hydrogen-bond acceptors (Lipinski definition) is 8. The summed E-state index contributed by atoms with van der Waals surface area (Å²) in [5.41, 5.74) is 0.390. The van der Waals surface area contributed by atoms with Crippen molar-refractivity contribution in [2.24, 2.45) is 0 Å². The standard InChI is InChI=1S/C25H18Cl3NO7S2/c1-34-21-13-15(12-19(28)23(21)36-38(32,33)17-8-6-16(26)7-9-17)14-22-24(30)29(25(31)37-22)10-11-35-20-5-3-2-4-18(20)27/h2-9,12-14H,10-11H2,1H3/b22-14-. The van der Waals surface area contributed by atoms with Crippen molar-refractivity contribution in [1.29, 1.82) is 0 Å². The SMILES string of the molecule is COc1cc(/C=C2\SC(=O)N(CCOc3ccccc3Cl)C2=O)cc(Cl)c1OS(=O)(=O)c1ccc(Cl)cc1. The van der Waals surface area contributed by atoms with E-state index in [4.69, 9.17) is 48.5 Å². The minimum atomic E-state index is -4.24. The Labute approximate surface area is 238 Å². The van der Waals surface area contributed by atoms with Gasteiger partial charge in [0.05, 0.1) is 28.6 Å². The lowest BCUT2D eigenvalue weighted by Crippen LogP contribution is -2.32. The third-order valence-corrected chi connectivity index (χ3v) is 8.12. The second-order valence-corrected chi connectivity index (χ2v) is 11.4. The van der Waals surface area contributed by atoms with Crippen molar-refractivity contribution < 1.29 is 31.7 Å². The van der Waals surface area contributed by atoms with E-state index in [9.17, 15) is 18.0 Å². The molecule has 3 aromatic carbocycles. The van der Waals surface area contributed by atoms with Crippen LogP contribution in [0.5, 0.6) is 17.2 Å². The Bertz CT molecular complexity index is 1530. The van der Waals surface area contributed by atoms with Crippen LogP contribution < -0.4 is 13.7 Å². The highest BCUT2D eigenvalue weighted by Gasteiger charge is 2.35. The number of hydrogen-bond donors (Lipinski definition) is 0. The number of amides is 2. The number of para-hydroxylation sites is 1. The van der Waals surface area contributed by atoms with Crippen LogP contribution in [-0.4, -0.2) is 44.7 Å². The first-order valence-corrected chi connectivity index (χ1v) is 14.1. The molecule has 0 radical (unpaired) electrons. The summed E-state index contributed by atoms with van der Waals surface area (Å²) < 4.78 is 41.5. The normalized spacial score (nSPS) is 14.7. The molecule has 1 heterocycles. The summed E-state index contributed by atoms with van der Waals surface area (Å²) in [5.74, 6) is -0.290. The Hall–Kier alpha value is -2.89. The molecule has 4 rings (SSSR count). The maximum Gasteiger partial charge on any atom is 0.339 e. The Kier molecular flexibility index (Phi) is 8.79. The summed E-state index contributed by atoms with van der Waals surface area (Å²) >= 11 is 19.0.